The molecule has 7 heteroatoms. The number of amides is 1. The lowest BCUT2D eigenvalue weighted by Crippen LogP contribution is -2.22. The van der Waals surface area contributed by atoms with Crippen molar-refractivity contribution >= 4 is 18.1 Å². The van der Waals surface area contributed by atoms with Gasteiger partial charge in [-0.2, -0.15) is 5.10 Å². The number of likely N-dealkylation sites (N-methyl/N-ethyl adjacent to an activating group) is 1. The van der Waals surface area contributed by atoms with E-state index in [1.165, 1.54) is 6.34 Å². The van der Waals surface area contributed by atoms with Crippen LogP contribution in [0.4, 0.5) is 5.82 Å². The van der Waals surface area contributed by atoms with Crippen LogP contribution in [0.25, 0.3) is 0 Å². The molecule has 0 radical (unpaired) electrons. The van der Waals surface area contributed by atoms with E-state index in [0.717, 1.165) is 18.9 Å². The third-order valence-corrected chi connectivity index (χ3v) is 3.01. The van der Waals surface area contributed by atoms with Gasteiger partial charge in [0.25, 0.3) is 5.91 Å². The molecule has 0 bridgehead atoms. The number of hydrogen-bond acceptors (Lipinski definition) is 5. The van der Waals surface area contributed by atoms with Gasteiger partial charge < -0.3 is 14.7 Å². The summed E-state index contributed by atoms with van der Waals surface area (Å²) >= 11 is 0. The second kappa shape index (κ2) is 6.53. The number of aromatic nitrogens is 1. The monoisotopic (exact) mass is 290 g/mol. The van der Waals surface area contributed by atoms with Gasteiger partial charge in [0, 0.05) is 27.2 Å². The number of carbonyl (C=O) groups is 1. The largest absolute Gasteiger partial charge is 0.367 e. The van der Waals surface area contributed by atoms with Crippen LogP contribution in [-0.4, -0.2) is 74.4 Å². The number of nitrogens with one attached hydrogen (secondary N) is 1. The zero-order valence-electron chi connectivity index (χ0n) is 12.9. The number of hydrazone groups is 1. The highest BCUT2D eigenvalue weighted by molar-refractivity contribution is 5.92. The Morgan fingerprint density at radius 3 is 2.90 bits per heavy atom. The van der Waals surface area contributed by atoms with Crippen LogP contribution in [0.5, 0.6) is 0 Å². The molecule has 1 saturated heterocycles. The first kappa shape index (κ1) is 15.2. The Hall–Kier alpha value is -2.15. The first-order valence-electron chi connectivity index (χ1n) is 6.85. The summed E-state index contributed by atoms with van der Waals surface area (Å²) in [5, 5.41) is 3.83. The van der Waals surface area contributed by atoms with Crippen molar-refractivity contribution in [1.82, 2.24) is 20.2 Å². The molecule has 0 saturated carbocycles. The molecule has 0 aromatic carbocycles. The van der Waals surface area contributed by atoms with Crippen LogP contribution in [0.2, 0.25) is 0 Å². The highest BCUT2D eigenvalue weighted by Gasteiger charge is 2.35. The van der Waals surface area contributed by atoms with Crippen molar-refractivity contribution in [3.8, 4) is 0 Å². The Morgan fingerprint density at radius 1 is 1.48 bits per heavy atom. The molecule has 1 aliphatic rings. The van der Waals surface area contributed by atoms with E-state index in [1.54, 1.807) is 11.0 Å². The number of rotatable bonds is 6. The van der Waals surface area contributed by atoms with Gasteiger partial charge in [0.2, 0.25) is 0 Å². The quantitative estimate of drug-likeness (QED) is 0.347. The minimum atomic E-state index is -0.305. The lowest BCUT2D eigenvalue weighted by Gasteiger charge is -2.10. The van der Waals surface area contributed by atoms with Gasteiger partial charge in [-0.15, -0.1) is 0 Å². The number of pyridine rings is 1. The molecule has 1 fully saturated rings. The average molecular weight is 290 g/mol. The molecule has 1 amide bonds. The Kier molecular flexibility index (Phi) is 4.74. The molecule has 2 rings (SSSR count). The first-order chi connectivity index (χ1) is 9.97. The fraction of sp³-hybridized carbons (Fsp3) is 0.500. The molecular formula is C14H22N6O. The van der Waals surface area contributed by atoms with Gasteiger partial charge in [-0.25, -0.2) is 10.4 Å². The number of hydrogen-bond donors (Lipinski definition) is 1. The van der Waals surface area contributed by atoms with Crippen molar-refractivity contribution in [2.75, 3.05) is 46.2 Å². The molecule has 21 heavy (non-hydrogen) atoms. The standard InChI is InChI=1S/C14H22N6O/c1-18(2)8-11-9-20(11)13-7-5-6-12(16-13)14(21)17-15-10-19(3)4/h5-7,10-11H,8-9H2,1-4H3,(H,17,21)/b15-10+. The lowest BCUT2D eigenvalue weighted by molar-refractivity contribution is 0.0950. The molecule has 7 nitrogen and oxygen atoms in total. The SMILES string of the molecule is CN(C)/C=N/NC(=O)c1cccc(N2CC2CN(C)C)n1. The second-order valence-electron chi connectivity index (χ2n) is 5.60. The fourth-order valence-corrected chi connectivity index (χ4v) is 2.01. The van der Waals surface area contributed by atoms with E-state index in [9.17, 15) is 4.79 Å². The highest BCUT2D eigenvalue weighted by atomic mass is 16.2. The zero-order valence-corrected chi connectivity index (χ0v) is 12.9. The lowest BCUT2D eigenvalue weighted by atomic mass is 10.3. The van der Waals surface area contributed by atoms with E-state index < -0.39 is 0 Å². The summed E-state index contributed by atoms with van der Waals surface area (Å²) in [6, 6.07) is 5.94. The van der Waals surface area contributed by atoms with Gasteiger partial charge >= 0.3 is 0 Å². The van der Waals surface area contributed by atoms with Gasteiger partial charge in [0.15, 0.2) is 0 Å². The molecule has 2 heterocycles. The predicted molar refractivity (Wildman–Crippen MR) is 83.6 cm³/mol. The van der Waals surface area contributed by atoms with Crippen molar-refractivity contribution in [2.45, 2.75) is 6.04 Å². The molecule has 1 atom stereocenters. The van der Waals surface area contributed by atoms with Crippen LogP contribution in [0.15, 0.2) is 23.3 Å². The second-order valence-corrected chi connectivity index (χ2v) is 5.60. The van der Waals surface area contributed by atoms with Gasteiger partial charge in [-0.05, 0) is 26.2 Å². The minimum Gasteiger partial charge on any atom is -0.367 e. The summed E-state index contributed by atoms with van der Waals surface area (Å²) in [6.45, 7) is 1.97. The maximum Gasteiger partial charge on any atom is 0.290 e. The van der Waals surface area contributed by atoms with E-state index in [-0.39, 0.29) is 5.91 Å². The van der Waals surface area contributed by atoms with Crippen molar-refractivity contribution in [3.63, 3.8) is 0 Å². The van der Waals surface area contributed by atoms with Crippen molar-refractivity contribution < 1.29 is 4.79 Å². The van der Waals surface area contributed by atoms with Gasteiger partial charge in [0.1, 0.15) is 17.9 Å². The van der Waals surface area contributed by atoms with Crippen molar-refractivity contribution in [2.24, 2.45) is 5.10 Å². The van der Waals surface area contributed by atoms with Crippen LogP contribution < -0.4 is 10.3 Å². The van der Waals surface area contributed by atoms with Crippen LogP contribution in [0, 0.1) is 0 Å². The van der Waals surface area contributed by atoms with Crippen molar-refractivity contribution in [3.05, 3.63) is 23.9 Å². The number of anilines is 1. The number of nitrogens with zero attached hydrogens (tertiary/aromatic N) is 5. The molecule has 114 valence electrons. The summed E-state index contributed by atoms with van der Waals surface area (Å²) < 4.78 is 0. The topological polar surface area (TPSA) is 63.8 Å². The predicted octanol–water partition coefficient (Wildman–Crippen LogP) is 0.0665. The van der Waals surface area contributed by atoms with Crippen LogP contribution in [0.1, 0.15) is 10.5 Å². The van der Waals surface area contributed by atoms with Gasteiger partial charge in [-0.1, -0.05) is 6.07 Å². The summed E-state index contributed by atoms with van der Waals surface area (Å²) in [5.74, 6) is 0.534. The Morgan fingerprint density at radius 2 is 2.24 bits per heavy atom. The van der Waals surface area contributed by atoms with Gasteiger partial charge in [0.05, 0.1) is 6.04 Å². The summed E-state index contributed by atoms with van der Waals surface area (Å²) in [6.07, 6.45) is 1.53. The van der Waals surface area contributed by atoms with Crippen LogP contribution >= 0.6 is 0 Å². The molecule has 1 aromatic heterocycles. The first-order valence-corrected chi connectivity index (χ1v) is 6.85. The normalized spacial score (nSPS) is 17.4. The molecule has 0 spiro atoms. The van der Waals surface area contributed by atoms with E-state index in [0.29, 0.717) is 11.7 Å². The Bertz CT molecular complexity index is 528. The third kappa shape index (κ3) is 4.42. The molecular weight excluding hydrogens is 268 g/mol. The number of carbonyl (C=O) groups excluding carboxylic acids is 1. The molecule has 1 unspecified atom stereocenters. The third-order valence-electron chi connectivity index (χ3n) is 3.01. The Labute approximate surface area is 125 Å². The van der Waals surface area contributed by atoms with E-state index in [1.807, 2.05) is 26.2 Å². The summed E-state index contributed by atoms with van der Waals surface area (Å²) in [4.78, 5) is 22.4. The zero-order chi connectivity index (χ0) is 15.4. The molecule has 1 N–H and O–H groups in total. The minimum absolute atomic E-state index is 0.305. The highest BCUT2D eigenvalue weighted by Crippen LogP contribution is 2.26. The van der Waals surface area contributed by atoms with Crippen LogP contribution in [-0.2, 0) is 0 Å². The van der Waals surface area contributed by atoms with E-state index in [2.05, 4.69) is 39.4 Å². The molecule has 1 aliphatic heterocycles. The maximum absolute atomic E-state index is 11.9. The van der Waals surface area contributed by atoms with E-state index in [4.69, 9.17) is 0 Å². The fourth-order valence-electron chi connectivity index (χ4n) is 2.01. The van der Waals surface area contributed by atoms with Crippen LogP contribution in [0.3, 0.4) is 0 Å². The smallest absolute Gasteiger partial charge is 0.290 e. The van der Waals surface area contributed by atoms with Crippen molar-refractivity contribution in [1.29, 1.82) is 0 Å². The Balaban J connectivity index is 1.97. The maximum atomic E-state index is 11.9. The summed E-state index contributed by atoms with van der Waals surface area (Å²) in [5.41, 5.74) is 2.83. The summed E-state index contributed by atoms with van der Waals surface area (Å²) in [7, 11) is 7.77. The van der Waals surface area contributed by atoms with E-state index >= 15 is 0 Å². The molecule has 1 aromatic rings. The molecule has 0 aliphatic carbocycles. The average Bonchev–Trinajstić information content (AvgIpc) is 3.16. The van der Waals surface area contributed by atoms with Gasteiger partial charge in [-0.3, -0.25) is 4.79 Å².